The number of phenols is 1. The molecule has 0 radical (unpaired) electrons. The third kappa shape index (κ3) is 4.31. The molecule has 0 aliphatic rings. The molecule has 1 aromatic carbocycles. The summed E-state index contributed by atoms with van der Waals surface area (Å²) in [5.41, 5.74) is 0.564. The number of phenolic OH excluding ortho intramolecular Hbond substituents is 1. The summed E-state index contributed by atoms with van der Waals surface area (Å²) in [6.07, 6.45) is -0.0705. The van der Waals surface area contributed by atoms with E-state index in [1.165, 1.54) is 38.1 Å². The number of carbonyl (C=O) groups is 1. The molecule has 1 rings (SSSR count). The van der Waals surface area contributed by atoms with Crippen LogP contribution in [0.1, 0.15) is 19.4 Å². The molecule has 1 aromatic rings. The number of rotatable bonds is 6. The standard InChI is InChI=1S/C12H18NO6P/c1-8(2)13(20(17,18)19)11(12(15)16)7-9-3-5-10(14)6-4-9/h3-6,8,11,14H,7H2,1-2H3,(H,15,16)(H2,17,18,19). The van der Waals surface area contributed by atoms with E-state index in [9.17, 15) is 29.4 Å². The summed E-state index contributed by atoms with van der Waals surface area (Å²) in [6.45, 7) is 3.04. The summed E-state index contributed by atoms with van der Waals surface area (Å²) in [4.78, 5) is 30.0. The van der Waals surface area contributed by atoms with Crippen LogP contribution in [0.2, 0.25) is 0 Å². The van der Waals surface area contributed by atoms with Crippen LogP contribution in [0.4, 0.5) is 0 Å². The molecule has 0 fully saturated rings. The van der Waals surface area contributed by atoms with E-state index < -0.39 is 25.8 Å². The lowest BCUT2D eigenvalue weighted by Crippen LogP contribution is -2.44. The van der Waals surface area contributed by atoms with Crippen molar-refractivity contribution in [3.8, 4) is 5.75 Å². The van der Waals surface area contributed by atoms with E-state index in [0.717, 1.165) is 0 Å². The second kappa shape index (κ2) is 6.37. The SMILES string of the molecule is CC(C)N(C(Cc1ccc(O)cc1)C(=O)O)P(=O)(O)O. The van der Waals surface area contributed by atoms with Crippen LogP contribution in [-0.2, 0) is 15.8 Å². The maximum absolute atomic E-state index is 11.5. The summed E-state index contributed by atoms with van der Waals surface area (Å²) < 4.78 is 12.2. The summed E-state index contributed by atoms with van der Waals surface area (Å²) >= 11 is 0. The highest BCUT2D eigenvalue weighted by Gasteiger charge is 2.39. The van der Waals surface area contributed by atoms with Gasteiger partial charge in [-0.1, -0.05) is 12.1 Å². The summed E-state index contributed by atoms with van der Waals surface area (Å²) in [7, 11) is -4.69. The Kier molecular flexibility index (Phi) is 5.30. The van der Waals surface area contributed by atoms with Crippen molar-refractivity contribution in [2.75, 3.05) is 0 Å². The van der Waals surface area contributed by atoms with Crippen molar-refractivity contribution in [1.29, 1.82) is 0 Å². The normalized spacial score (nSPS) is 13.7. The minimum Gasteiger partial charge on any atom is -0.508 e. The average molecular weight is 303 g/mol. The van der Waals surface area contributed by atoms with Gasteiger partial charge in [0, 0.05) is 6.04 Å². The quantitative estimate of drug-likeness (QED) is 0.583. The number of benzene rings is 1. The van der Waals surface area contributed by atoms with Gasteiger partial charge in [-0.3, -0.25) is 4.79 Å². The molecule has 0 aromatic heterocycles. The molecule has 0 heterocycles. The number of aliphatic carboxylic acids is 1. The van der Waals surface area contributed by atoms with Gasteiger partial charge in [-0.2, -0.15) is 4.67 Å². The van der Waals surface area contributed by atoms with Crippen molar-refractivity contribution < 1.29 is 29.4 Å². The van der Waals surface area contributed by atoms with Gasteiger partial charge < -0.3 is 20.0 Å². The van der Waals surface area contributed by atoms with Crippen LogP contribution >= 0.6 is 7.75 Å². The fourth-order valence-electron chi connectivity index (χ4n) is 1.99. The van der Waals surface area contributed by atoms with Crippen LogP contribution in [0.15, 0.2) is 24.3 Å². The van der Waals surface area contributed by atoms with Gasteiger partial charge >= 0.3 is 13.7 Å². The molecule has 7 nitrogen and oxygen atoms in total. The van der Waals surface area contributed by atoms with Crippen LogP contribution in [0, 0.1) is 0 Å². The predicted molar refractivity (Wildman–Crippen MR) is 72.3 cm³/mol. The number of hydrogen-bond acceptors (Lipinski definition) is 3. The molecule has 4 N–H and O–H groups in total. The highest BCUT2D eigenvalue weighted by atomic mass is 31.2. The first kappa shape index (κ1) is 16.7. The molecule has 0 saturated carbocycles. The van der Waals surface area contributed by atoms with Gasteiger partial charge in [0.25, 0.3) is 0 Å². The second-order valence-electron chi connectivity index (χ2n) is 4.71. The molecule has 112 valence electrons. The van der Waals surface area contributed by atoms with Crippen LogP contribution in [0.3, 0.4) is 0 Å². The first-order chi connectivity index (χ1) is 9.12. The fourth-order valence-corrected chi connectivity index (χ4v) is 3.14. The number of aromatic hydroxyl groups is 1. The lowest BCUT2D eigenvalue weighted by molar-refractivity contribution is -0.142. The Hall–Kier alpha value is -1.40. The largest absolute Gasteiger partial charge is 0.508 e. The van der Waals surface area contributed by atoms with Gasteiger partial charge in [-0.05, 0) is 38.0 Å². The molecule has 8 heteroatoms. The molecular formula is C12H18NO6P. The molecule has 0 saturated heterocycles. The van der Waals surface area contributed by atoms with Gasteiger partial charge in [0.1, 0.15) is 11.8 Å². The fraction of sp³-hybridized carbons (Fsp3) is 0.417. The van der Waals surface area contributed by atoms with Crippen LogP contribution in [0.25, 0.3) is 0 Å². The molecule has 20 heavy (non-hydrogen) atoms. The highest BCUT2D eigenvalue weighted by molar-refractivity contribution is 7.49. The van der Waals surface area contributed by atoms with Crippen molar-refractivity contribution in [2.24, 2.45) is 0 Å². The monoisotopic (exact) mass is 303 g/mol. The Labute approximate surface area is 116 Å². The zero-order chi connectivity index (χ0) is 15.5. The molecule has 0 spiro atoms. The molecule has 0 amide bonds. The molecule has 1 atom stereocenters. The van der Waals surface area contributed by atoms with Gasteiger partial charge in [0.2, 0.25) is 0 Å². The van der Waals surface area contributed by atoms with Crippen LogP contribution in [-0.4, -0.2) is 42.7 Å². The zero-order valence-electron chi connectivity index (χ0n) is 11.2. The Morgan fingerprint density at radius 1 is 1.25 bits per heavy atom. The Balaban J connectivity index is 3.07. The molecule has 1 unspecified atom stereocenters. The topological polar surface area (TPSA) is 118 Å². The van der Waals surface area contributed by atoms with Crippen molar-refractivity contribution >= 4 is 13.7 Å². The van der Waals surface area contributed by atoms with Crippen LogP contribution in [0.5, 0.6) is 5.75 Å². The van der Waals surface area contributed by atoms with Crippen molar-refractivity contribution in [3.63, 3.8) is 0 Å². The molecule has 0 aliphatic heterocycles. The molecule has 0 bridgehead atoms. The lowest BCUT2D eigenvalue weighted by Gasteiger charge is -2.32. The van der Waals surface area contributed by atoms with Crippen molar-refractivity contribution in [3.05, 3.63) is 29.8 Å². The number of hydrogen-bond donors (Lipinski definition) is 4. The summed E-state index contributed by atoms with van der Waals surface area (Å²) in [6, 6.07) is 3.85. The Morgan fingerprint density at radius 2 is 1.75 bits per heavy atom. The van der Waals surface area contributed by atoms with Crippen LogP contribution < -0.4 is 0 Å². The minimum absolute atomic E-state index is 0.0383. The number of nitrogens with zero attached hydrogens (tertiary/aromatic N) is 1. The summed E-state index contributed by atoms with van der Waals surface area (Å²) in [5.74, 6) is -1.27. The first-order valence-corrected chi connectivity index (χ1v) is 7.54. The van der Waals surface area contributed by atoms with Crippen molar-refractivity contribution in [2.45, 2.75) is 32.4 Å². The Bertz CT molecular complexity index is 509. The van der Waals surface area contributed by atoms with Gasteiger partial charge in [0.15, 0.2) is 0 Å². The number of carboxylic acid groups (broad SMARTS) is 1. The predicted octanol–water partition coefficient (Wildman–Crippen LogP) is 1.19. The molecular weight excluding hydrogens is 285 g/mol. The minimum atomic E-state index is -4.69. The zero-order valence-corrected chi connectivity index (χ0v) is 12.1. The summed E-state index contributed by atoms with van der Waals surface area (Å²) in [5, 5.41) is 18.4. The smallest absolute Gasteiger partial charge is 0.404 e. The van der Waals surface area contributed by atoms with E-state index in [1.807, 2.05) is 0 Å². The average Bonchev–Trinajstić information content (AvgIpc) is 2.28. The maximum atomic E-state index is 11.5. The maximum Gasteiger partial charge on any atom is 0.404 e. The van der Waals surface area contributed by atoms with E-state index in [2.05, 4.69) is 0 Å². The second-order valence-corrected chi connectivity index (χ2v) is 6.20. The van der Waals surface area contributed by atoms with Gasteiger partial charge in [-0.25, -0.2) is 4.57 Å². The third-order valence-corrected chi connectivity index (χ3v) is 4.14. The van der Waals surface area contributed by atoms with E-state index >= 15 is 0 Å². The van der Waals surface area contributed by atoms with E-state index in [4.69, 9.17) is 0 Å². The highest BCUT2D eigenvalue weighted by Crippen LogP contribution is 2.44. The van der Waals surface area contributed by atoms with E-state index in [-0.39, 0.29) is 12.2 Å². The van der Waals surface area contributed by atoms with E-state index in [1.54, 1.807) is 0 Å². The van der Waals surface area contributed by atoms with Gasteiger partial charge in [0.05, 0.1) is 0 Å². The van der Waals surface area contributed by atoms with Gasteiger partial charge in [-0.15, -0.1) is 0 Å². The third-order valence-electron chi connectivity index (χ3n) is 2.80. The first-order valence-electron chi connectivity index (χ1n) is 5.98. The Morgan fingerprint density at radius 3 is 2.10 bits per heavy atom. The number of carboxylic acids is 1. The van der Waals surface area contributed by atoms with E-state index in [0.29, 0.717) is 10.2 Å². The molecule has 0 aliphatic carbocycles. The lowest BCUT2D eigenvalue weighted by atomic mass is 10.1. The van der Waals surface area contributed by atoms with Crippen molar-refractivity contribution in [1.82, 2.24) is 4.67 Å².